The number of imidazole rings is 1. The Balaban J connectivity index is 1.72. The van der Waals surface area contributed by atoms with Gasteiger partial charge in [0.15, 0.2) is 0 Å². The molecule has 0 radical (unpaired) electrons. The summed E-state index contributed by atoms with van der Waals surface area (Å²) in [6, 6.07) is 0. The molecule has 1 unspecified atom stereocenters. The van der Waals surface area contributed by atoms with Gasteiger partial charge in [-0.25, -0.2) is 4.98 Å². The number of nitrogens with zero attached hydrogens (tertiary/aromatic N) is 2. The monoisotopic (exact) mass is 208 g/mol. The van der Waals surface area contributed by atoms with Crippen molar-refractivity contribution in [3.63, 3.8) is 0 Å². The maximum atomic E-state index is 9.72. The number of aryl methyl sites for hydroxylation is 2. The van der Waals surface area contributed by atoms with Crippen LogP contribution in [0.1, 0.15) is 38.4 Å². The van der Waals surface area contributed by atoms with E-state index in [4.69, 9.17) is 0 Å². The molecule has 0 amide bonds. The van der Waals surface area contributed by atoms with Crippen LogP contribution in [0.15, 0.2) is 12.4 Å². The van der Waals surface area contributed by atoms with Crippen LogP contribution in [0.3, 0.4) is 0 Å². The number of hydrogen-bond donors (Lipinski definition) is 1. The highest BCUT2D eigenvalue weighted by Crippen LogP contribution is 2.34. The fourth-order valence-electron chi connectivity index (χ4n) is 2.04. The Morgan fingerprint density at radius 1 is 1.60 bits per heavy atom. The van der Waals surface area contributed by atoms with E-state index in [1.807, 2.05) is 12.4 Å². The summed E-state index contributed by atoms with van der Waals surface area (Å²) >= 11 is 0. The van der Waals surface area contributed by atoms with Crippen molar-refractivity contribution in [1.82, 2.24) is 9.55 Å². The highest BCUT2D eigenvalue weighted by molar-refractivity contribution is 4.92. The molecule has 15 heavy (non-hydrogen) atoms. The Labute approximate surface area is 91.1 Å². The summed E-state index contributed by atoms with van der Waals surface area (Å²) in [5.74, 6) is 1.76. The van der Waals surface area contributed by atoms with Crippen LogP contribution < -0.4 is 0 Å². The van der Waals surface area contributed by atoms with Crippen LogP contribution in [0.25, 0.3) is 0 Å². The van der Waals surface area contributed by atoms with E-state index < -0.39 is 0 Å². The van der Waals surface area contributed by atoms with E-state index in [-0.39, 0.29) is 6.10 Å². The highest BCUT2D eigenvalue weighted by atomic mass is 16.3. The molecule has 0 aliphatic heterocycles. The van der Waals surface area contributed by atoms with E-state index in [1.54, 1.807) is 0 Å². The van der Waals surface area contributed by atoms with Crippen LogP contribution in [0.4, 0.5) is 0 Å². The number of aliphatic hydroxyl groups excluding tert-OH is 1. The lowest BCUT2D eigenvalue weighted by atomic mass is 10.1. The van der Waals surface area contributed by atoms with Gasteiger partial charge < -0.3 is 9.67 Å². The van der Waals surface area contributed by atoms with Crippen molar-refractivity contribution >= 4 is 0 Å². The van der Waals surface area contributed by atoms with E-state index in [0.717, 1.165) is 31.6 Å². The first-order valence-corrected chi connectivity index (χ1v) is 5.99. The van der Waals surface area contributed by atoms with Crippen molar-refractivity contribution in [2.45, 2.75) is 51.7 Å². The van der Waals surface area contributed by atoms with Crippen molar-refractivity contribution in [3.05, 3.63) is 18.2 Å². The van der Waals surface area contributed by atoms with Gasteiger partial charge in [-0.2, -0.15) is 0 Å². The number of hydrogen-bond acceptors (Lipinski definition) is 2. The molecule has 1 N–H and O–H groups in total. The minimum Gasteiger partial charge on any atom is -0.393 e. The topological polar surface area (TPSA) is 38.0 Å². The molecule has 1 aromatic heterocycles. The molecule has 1 fully saturated rings. The normalized spacial score (nSPS) is 18.0. The smallest absolute Gasteiger partial charge is 0.108 e. The maximum absolute atomic E-state index is 9.72. The van der Waals surface area contributed by atoms with Crippen LogP contribution in [-0.4, -0.2) is 20.8 Å². The summed E-state index contributed by atoms with van der Waals surface area (Å²) in [6.07, 6.45) is 9.24. The van der Waals surface area contributed by atoms with Crippen molar-refractivity contribution < 1.29 is 5.11 Å². The van der Waals surface area contributed by atoms with Crippen LogP contribution in [0.5, 0.6) is 0 Å². The first-order valence-electron chi connectivity index (χ1n) is 5.99. The molecule has 1 atom stereocenters. The summed E-state index contributed by atoms with van der Waals surface area (Å²) in [7, 11) is 0. The third kappa shape index (κ3) is 2.81. The molecule has 3 heteroatoms. The Morgan fingerprint density at radius 3 is 3.07 bits per heavy atom. The Kier molecular flexibility index (Phi) is 3.41. The standard InChI is InChI=1S/C12H20N2O/c1-2-14-9-8-13-12(14)5-3-4-11(15)10-6-7-10/h8-11,15H,2-7H2,1H3. The molecular formula is C12H20N2O. The van der Waals surface area contributed by atoms with Crippen molar-refractivity contribution in [2.24, 2.45) is 5.92 Å². The van der Waals surface area contributed by atoms with Crippen LogP contribution in [0.2, 0.25) is 0 Å². The summed E-state index contributed by atoms with van der Waals surface area (Å²) in [5.41, 5.74) is 0. The molecule has 0 saturated heterocycles. The second kappa shape index (κ2) is 4.79. The van der Waals surface area contributed by atoms with E-state index >= 15 is 0 Å². The molecule has 0 bridgehead atoms. The van der Waals surface area contributed by atoms with E-state index in [9.17, 15) is 5.11 Å². The molecule has 2 rings (SSSR count). The number of aliphatic hydroxyl groups is 1. The van der Waals surface area contributed by atoms with Gasteiger partial charge in [-0.15, -0.1) is 0 Å². The third-order valence-electron chi connectivity index (χ3n) is 3.21. The average Bonchev–Trinajstić information content (AvgIpc) is 2.99. The molecule has 1 aromatic rings. The fraction of sp³-hybridized carbons (Fsp3) is 0.750. The molecule has 0 aromatic carbocycles. The predicted octanol–water partition coefficient (Wildman–Crippen LogP) is 2.00. The minimum absolute atomic E-state index is 0.0601. The Hall–Kier alpha value is -0.830. The fourth-order valence-corrected chi connectivity index (χ4v) is 2.04. The maximum Gasteiger partial charge on any atom is 0.108 e. The van der Waals surface area contributed by atoms with Gasteiger partial charge in [0, 0.05) is 25.4 Å². The van der Waals surface area contributed by atoms with Gasteiger partial charge in [-0.3, -0.25) is 0 Å². The van der Waals surface area contributed by atoms with Gasteiger partial charge in [0.05, 0.1) is 6.10 Å². The quantitative estimate of drug-likeness (QED) is 0.776. The lowest BCUT2D eigenvalue weighted by Crippen LogP contribution is -2.10. The van der Waals surface area contributed by atoms with Crippen LogP contribution in [-0.2, 0) is 13.0 Å². The Morgan fingerprint density at radius 2 is 2.40 bits per heavy atom. The average molecular weight is 208 g/mol. The SMILES string of the molecule is CCn1ccnc1CCCC(O)C1CC1. The van der Waals surface area contributed by atoms with Gasteiger partial charge in [0.1, 0.15) is 5.82 Å². The van der Waals surface area contributed by atoms with Crippen molar-refractivity contribution in [2.75, 3.05) is 0 Å². The van der Waals surface area contributed by atoms with Gasteiger partial charge in [0.25, 0.3) is 0 Å². The molecule has 1 saturated carbocycles. The molecular weight excluding hydrogens is 188 g/mol. The largest absolute Gasteiger partial charge is 0.393 e. The first-order chi connectivity index (χ1) is 7.31. The molecule has 1 heterocycles. The van der Waals surface area contributed by atoms with Gasteiger partial charge in [-0.1, -0.05) is 0 Å². The van der Waals surface area contributed by atoms with Crippen LogP contribution >= 0.6 is 0 Å². The zero-order valence-corrected chi connectivity index (χ0v) is 9.39. The van der Waals surface area contributed by atoms with E-state index in [2.05, 4.69) is 16.5 Å². The highest BCUT2D eigenvalue weighted by Gasteiger charge is 2.28. The minimum atomic E-state index is -0.0601. The molecule has 3 nitrogen and oxygen atoms in total. The summed E-state index contributed by atoms with van der Waals surface area (Å²) < 4.78 is 2.17. The third-order valence-corrected chi connectivity index (χ3v) is 3.21. The zero-order valence-electron chi connectivity index (χ0n) is 9.39. The lowest BCUT2D eigenvalue weighted by molar-refractivity contribution is 0.139. The second-order valence-electron chi connectivity index (χ2n) is 4.43. The first kappa shape index (κ1) is 10.7. The summed E-state index contributed by atoms with van der Waals surface area (Å²) in [6.45, 7) is 3.12. The second-order valence-corrected chi connectivity index (χ2v) is 4.43. The van der Waals surface area contributed by atoms with Crippen molar-refractivity contribution in [3.8, 4) is 0 Å². The van der Waals surface area contributed by atoms with E-state index in [0.29, 0.717) is 5.92 Å². The Bertz CT molecular complexity index is 304. The zero-order chi connectivity index (χ0) is 10.7. The van der Waals surface area contributed by atoms with E-state index in [1.165, 1.54) is 12.8 Å². The lowest BCUT2D eigenvalue weighted by Gasteiger charge is -2.09. The summed E-state index contributed by atoms with van der Waals surface area (Å²) in [4.78, 5) is 4.33. The number of aromatic nitrogens is 2. The predicted molar refractivity (Wildman–Crippen MR) is 59.6 cm³/mol. The number of rotatable bonds is 6. The van der Waals surface area contributed by atoms with Gasteiger partial charge in [-0.05, 0) is 38.5 Å². The van der Waals surface area contributed by atoms with Gasteiger partial charge >= 0.3 is 0 Å². The van der Waals surface area contributed by atoms with Gasteiger partial charge in [0.2, 0.25) is 0 Å². The molecule has 1 aliphatic carbocycles. The molecule has 0 spiro atoms. The van der Waals surface area contributed by atoms with Crippen LogP contribution in [0, 0.1) is 5.92 Å². The summed E-state index contributed by atoms with van der Waals surface area (Å²) in [5, 5.41) is 9.72. The van der Waals surface area contributed by atoms with Crippen molar-refractivity contribution in [1.29, 1.82) is 0 Å². The molecule has 84 valence electrons. The molecule has 1 aliphatic rings.